The Morgan fingerprint density at radius 2 is 1.74 bits per heavy atom. The Labute approximate surface area is 167 Å². The van der Waals surface area contributed by atoms with Crippen molar-refractivity contribution >= 4 is 35.1 Å². The lowest BCUT2D eigenvalue weighted by molar-refractivity contribution is -0.125. The minimum absolute atomic E-state index is 0.109. The number of hydrogen-bond acceptors (Lipinski definition) is 4. The van der Waals surface area contributed by atoms with Gasteiger partial charge in [-0.15, -0.1) is 0 Å². The highest BCUT2D eigenvalue weighted by atomic mass is 35.5. The third-order valence-corrected chi connectivity index (χ3v) is 4.75. The van der Waals surface area contributed by atoms with Crippen LogP contribution in [-0.4, -0.2) is 25.6 Å². The lowest BCUT2D eigenvalue weighted by Gasteiger charge is -2.19. The van der Waals surface area contributed by atoms with Crippen LogP contribution in [0.2, 0.25) is 10.0 Å². The molecule has 1 N–H and O–H groups in total. The summed E-state index contributed by atoms with van der Waals surface area (Å²) in [7, 11) is 1.61. The van der Waals surface area contributed by atoms with Crippen molar-refractivity contribution in [2.24, 2.45) is 5.92 Å². The fourth-order valence-electron chi connectivity index (χ4n) is 2.82. The first-order chi connectivity index (χ1) is 13.0. The lowest BCUT2D eigenvalue weighted by atomic mass is 10.0. The normalized spacial score (nSPS) is 14.3. The number of ether oxygens (including phenoxy) is 2. The molecule has 2 aromatic rings. The summed E-state index contributed by atoms with van der Waals surface area (Å²) in [6, 6.07) is 11.9. The van der Waals surface area contributed by atoms with Gasteiger partial charge >= 0.3 is 5.97 Å². The van der Waals surface area contributed by atoms with Gasteiger partial charge in [0.15, 0.2) is 6.61 Å². The predicted molar refractivity (Wildman–Crippen MR) is 103 cm³/mol. The van der Waals surface area contributed by atoms with Gasteiger partial charge in [0.1, 0.15) is 5.75 Å². The van der Waals surface area contributed by atoms with Crippen molar-refractivity contribution in [2.75, 3.05) is 13.7 Å². The topological polar surface area (TPSA) is 64.6 Å². The summed E-state index contributed by atoms with van der Waals surface area (Å²) in [5.41, 5.74) is 1.20. The monoisotopic (exact) mass is 407 g/mol. The van der Waals surface area contributed by atoms with Gasteiger partial charge in [0.05, 0.1) is 18.7 Å². The van der Waals surface area contributed by atoms with Crippen LogP contribution in [0.3, 0.4) is 0 Å². The Hall–Kier alpha value is -2.24. The molecule has 0 bridgehead atoms. The number of esters is 1. The number of nitrogens with one attached hydrogen (secondary N) is 1. The van der Waals surface area contributed by atoms with Gasteiger partial charge in [0, 0.05) is 10.0 Å². The second kappa shape index (κ2) is 8.63. The molecule has 0 radical (unpaired) electrons. The highest BCUT2D eigenvalue weighted by Crippen LogP contribution is 2.41. The number of halogens is 2. The van der Waals surface area contributed by atoms with Crippen molar-refractivity contribution in [3.8, 4) is 5.75 Å². The minimum Gasteiger partial charge on any atom is -0.497 e. The van der Waals surface area contributed by atoms with E-state index in [0.29, 0.717) is 16.0 Å². The molecule has 27 heavy (non-hydrogen) atoms. The Balaban J connectivity index is 1.58. The maximum atomic E-state index is 12.3. The zero-order chi connectivity index (χ0) is 19.4. The Morgan fingerprint density at radius 3 is 2.30 bits per heavy atom. The van der Waals surface area contributed by atoms with Crippen LogP contribution >= 0.6 is 23.2 Å². The largest absolute Gasteiger partial charge is 0.497 e. The fraction of sp³-hybridized carbons (Fsp3) is 0.300. The first-order valence-corrected chi connectivity index (χ1v) is 9.28. The van der Waals surface area contributed by atoms with Gasteiger partial charge in [0.2, 0.25) is 0 Å². The zero-order valence-electron chi connectivity index (χ0n) is 14.7. The van der Waals surface area contributed by atoms with Crippen LogP contribution in [0.4, 0.5) is 0 Å². The number of methoxy groups -OCH3 is 1. The van der Waals surface area contributed by atoms with Crippen molar-refractivity contribution in [1.29, 1.82) is 0 Å². The standard InChI is InChI=1S/C20H19Cl2NO4/c1-26-17-6-4-13(5-7-17)19(12-2-3-12)23-18(24)11-27-20(25)14-8-15(21)10-16(22)9-14/h4-10,12,19H,2-3,11H2,1H3,(H,23,24). The molecular weight excluding hydrogens is 389 g/mol. The van der Waals surface area contributed by atoms with Crippen LogP contribution < -0.4 is 10.1 Å². The van der Waals surface area contributed by atoms with E-state index in [9.17, 15) is 9.59 Å². The predicted octanol–water partition coefficient (Wildman–Crippen LogP) is 4.43. The molecule has 0 spiro atoms. The Bertz CT molecular complexity index is 814. The molecule has 1 atom stereocenters. The number of hydrogen-bond donors (Lipinski definition) is 1. The Morgan fingerprint density at radius 1 is 1.11 bits per heavy atom. The average Bonchev–Trinajstić information content (AvgIpc) is 3.48. The smallest absolute Gasteiger partial charge is 0.338 e. The SMILES string of the molecule is COc1ccc(C(NC(=O)COC(=O)c2cc(Cl)cc(Cl)c2)C2CC2)cc1. The van der Waals surface area contributed by atoms with Gasteiger partial charge in [-0.05, 0) is 54.7 Å². The second-order valence-corrected chi connectivity index (χ2v) is 7.26. The number of amides is 1. The van der Waals surface area contributed by atoms with Crippen LogP contribution in [0.1, 0.15) is 34.8 Å². The van der Waals surface area contributed by atoms with E-state index in [0.717, 1.165) is 24.2 Å². The average molecular weight is 408 g/mol. The molecule has 0 heterocycles. The van der Waals surface area contributed by atoms with Gasteiger partial charge in [-0.3, -0.25) is 4.79 Å². The molecule has 1 aliphatic carbocycles. The van der Waals surface area contributed by atoms with E-state index in [1.807, 2.05) is 24.3 Å². The molecule has 0 saturated heterocycles. The fourth-order valence-corrected chi connectivity index (χ4v) is 3.34. The van der Waals surface area contributed by atoms with Gasteiger partial charge in [-0.2, -0.15) is 0 Å². The van der Waals surface area contributed by atoms with E-state index >= 15 is 0 Å². The highest BCUT2D eigenvalue weighted by Gasteiger charge is 2.33. The molecule has 1 aliphatic rings. The molecule has 1 fully saturated rings. The summed E-state index contributed by atoms with van der Waals surface area (Å²) in [5.74, 6) is 0.143. The van der Waals surface area contributed by atoms with Crippen molar-refractivity contribution in [1.82, 2.24) is 5.32 Å². The van der Waals surface area contributed by atoms with Crippen molar-refractivity contribution in [2.45, 2.75) is 18.9 Å². The van der Waals surface area contributed by atoms with E-state index in [1.165, 1.54) is 18.2 Å². The molecule has 1 unspecified atom stereocenters. The van der Waals surface area contributed by atoms with Crippen molar-refractivity contribution in [3.63, 3.8) is 0 Å². The van der Waals surface area contributed by atoms with Crippen molar-refractivity contribution in [3.05, 3.63) is 63.6 Å². The van der Waals surface area contributed by atoms with Crippen LogP contribution in [0.5, 0.6) is 5.75 Å². The first-order valence-electron chi connectivity index (χ1n) is 8.53. The van der Waals surface area contributed by atoms with Crippen LogP contribution in [0.15, 0.2) is 42.5 Å². The molecular formula is C20H19Cl2NO4. The van der Waals surface area contributed by atoms with Crippen LogP contribution in [0.25, 0.3) is 0 Å². The van der Waals surface area contributed by atoms with Crippen LogP contribution in [-0.2, 0) is 9.53 Å². The van der Waals surface area contributed by atoms with Gasteiger partial charge < -0.3 is 14.8 Å². The Kier molecular flexibility index (Phi) is 6.24. The molecule has 5 nitrogen and oxygen atoms in total. The van der Waals surface area contributed by atoms with E-state index < -0.39 is 5.97 Å². The zero-order valence-corrected chi connectivity index (χ0v) is 16.2. The van der Waals surface area contributed by atoms with E-state index in [2.05, 4.69) is 5.32 Å². The molecule has 3 rings (SSSR count). The summed E-state index contributed by atoms with van der Waals surface area (Å²) in [4.78, 5) is 24.4. The lowest BCUT2D eigenvalue weighted by Crippen LogP contribution is -2.33. The number of carbonyl (C=O) groups is 2. The molecule has 0 aliphatic heterocycles. The maximum Gasteiger partial charge on any atom is 0.338 e. The van der Waals surface area contributed by atoms with Gasteiger partial charge in [0.25, 0.3) is 5.91 Å². The number of benzene rings is 2. The second-order valence-electron chi connectivity index (χ2n) is 6.39. The third kappa shape index (κ3) is 5.37. The van der Waals surface area contributed by atoms with Gasteiger partial charge in [-0.1, -0.05) is 35.3 Å². The summed E-state index contributed by atoms with van der Waals surface area (Å²) in [6.45, 7) is -0.373. The van der Waals surface area contributed by atoms with Crippen LogP contribution in [0, 0.1) is 5.92 Å². The summed E-state index contributed by atoms with van der Waals surface area (Å²) >= 11 is 11.8. The maximum absolute atomic E-state index is 12.3. The summed E-state index contributed by atoms with van der Waals surface area (Å²) in [5, 5.41) is 3.61. The summed E-state index contributed by atoms with van der Waals surface area (Å²) in [6.07, 6.45) is 2.11. The molecule has 2 aromatic carbocycles. The molecule has 0 aromatic heterocycles. The quantitative estimate of drug-likeness (QED) is 0.689. The third-order valence-electron chi connectivity index (χ3n) is 4.32. The van der Waals surface area contributed by atoms with E-state index in [1.54, 1.807) is 7.11 Å². The molecule has 1 saturated carbocycles. The number of carbonyl (C=O) groups excluding carboxylic acids is 2. The highest BCUT2D eigenvalue weighted by molar-refractivity contribution is 6.35. The van der Waals surface area contributed by atoms with Gasteiger partial charge in [-0.25, -0.2) is 4.79 Å². The summed E-state index contributed by atoms with van der Waals surface area (Å²) < 4.78 is 10.3. The molecule has 7 heteroatoms. The van der Waals surface area contributed by atoms with E-state index in [4.69, 9.17) is 32.7 Å². The molecule has 1 amide bonds. The van der Waals surface area contributed by atoms with E-state index in [-0.39, 0.29) is 24.1 Å². The minimum atomic E-state index is -0.651. The molecule has 142 valence electrons. The van der Waals surface area contributed by atoms with Crippen molar-refractivity contribution < 1.29 is 19.1 Å². The first kappa shape index (κ1) is 19.5. The number of rotatable bonds is 7.